The van der Waals surface area contributed by atoms with Crippen LogP contribution in [-0.4, -0.2) is 134 Å². The molecule has 109 heavy (non-hydrogen) atoms. The summed E-state index contributed by atoms with van der Waals surface area (Å²) in [7, 11) is -6.22. The number of nitrogens with one attached hydrogen (secondary N) is 5. The van der Waals surface area contributed by atoms with Gasteiger partial charge in [-0.2, -0.15) is 52.4 Å². The third-order valence-electron chi connectivity index (χ3n) is 16.9. The number of nitrogens with zero attached hydrogens (tertiary/aromatic N) is 2. The van der Waals surface area contributed by atoms with E-state index in [1.165, 1.54) is 33.9 Å². The Morgan fingerprint density at radius 3 is 1.85 bits per heavy atom. The molecule has 0 radical (unpaired) electrons. The molecule has 0 bridgehead atoms. The van der Waals surface area contributed by atoms with Gasteiger partial charge in [-0.3, -0.25) is 19.2 Å². The molecule has 556 valence electrons. The Hall–Kier alpha value is -4.22. The number of allylic oxidation sites excluding steroid dienone is 7. The van der Waals surface area contributed by atoms with Crippen LogP contribution in [0.1, 0.15) is 154 Å². The van der Waals surface area contributed by atoms with Crippen molar-refractivity contribution in [3.05, 3.63) is 179 Å². The molecule has 5 amide bonds. The molecule has 4 aromatic carbocycles. The van der Waals surface area contributed by atoms with E-state index in [1.54, 1.807) is 36.4 Å². The minimum Gasteiger partial charge on any atom is -0.550 e. The second kappa shape index (κ2) is 58.6. The van der Waals surface area contributed by atoms with Gasteiger partial charge in [-0.25, -0.2) is 11.1 Å². The molecule has 4 aromatic rings. The van der Waals surface area contributed by atoms with Crippen LogP contribution in [-0.2, 0) is 88.0 Å². The summed E-state index contributed by atoms with van der Waals surface area (Å²) in [5, 5.41) is 47.2. The number of anilines is 1. The van der Waals surface area contributed by atoms with Crippen molar-refractivity contribution in [1.29, 1.82) is 0 Å². The van der Waals surface area contributed by atoms with Crippen molar-refractivity contribution >= 4 is 86.1 Å². The van der Waals surface area contributed by atoms with Crippen LogP contribution in [0.15, 0.2) is 138 Å². The number of unbranched alkanes of at least 4 members (excludes halogenated alkanes) is 4. The number of rotatable bonds is 36. The first-order valence-electron chi connectivity index (χ1n) is 33.6. The van der Waals surface area contributed by atoms with E-state index in [1.807, 2.05) is 30.3 Å². The van der Waals surface area contributed by atoms with Gasteiger partial charge in [-0.1, -0.05) is 121 Å². The van der Waals surface area contributed by atoms with Crippen molar-refractivity contribution in [2.45, 2.75) is 173 Å². The van der Waals surface area contributed by atoms with Crippen LogP contribution in [0.4, 0.5) is 16.2 Å². The van der Waals surface area contributed by atoms with E-state index >= 15 is 0 Å². The van der Waals surface area contributed by atoms with Gasteiger partial charge in [-0.15, -0.1) is 42.9 Å². The monoisotopic (exact) mass is 1600 g/mol. The Bertz CT molecular complexity index is 3990. The normalized spacial score (nSPS) is 14.5. The summed E-state index contributed by atoms with van der Waals surface area (Å²) in [5.74, 6) is -4.98. The average molecular weight is 1600 g/mol. The molecule has 0 spiro atoms. The largest absolute Gasteiger partial charge is 1.00 e. The number of hydrogen-bond acceptors (Lipinski definition) is 21. The summed E-state index contributed by atoms with van der Waals surface area (Å²) in [6, 6.07) is 30.2. The van der Waals surface area contributed by atoms with Gasteiger partial charge in [0.05, 0.1) is 37.2 Å². The van der Waals surface area contributed by atoms with E-state index in [0.29, 0.717) is 16.9 Å². The molecule has 5 N–H and O–H groups in total. The summed E-state index contributed by atoms with van der Waals surface area (Å²) in [6.45, 7) is 16.4. The van der Waals surface area contributed by atoms with Gasteiger partial charge < -0.3 is 70.7 Å². The molecular formula is C74H88N7Na6O20S2+. The number of carbonyl (C=O) groups is 7. The van der Waals surface area contributed by atoms with Crippen molar-refractivity contribution in [2.24, 2.45) is 0 Å². The molecule has 3 atom stereocenters. The van der Waals surface area contributed by atoms with Gasteiger partial charge in [0.25, 0.3) is 6.03 Å². The SMILES string of the molecule is CCCCCN1/C(=C/C=C2\CCCC(/C=C/C3=[N+](CCCCC)c4cc[c-]cc4C3(C)C)=C2Oc2ccc(C[C@H](NC(=O)[C@H](Cc3ccccc3)NC(=O)CCOCCNC(=O)CC[C@H](NC(=O)N[CH-]CCC(=O)[O-])C(=O)[O-])C(=O)[O-])cc2)C(C)(C)c2c[c-]ccc21.O=C=O.O=S(=O)=O.O=S(=O)=O.[Na+].[Na+].[Na+].[Na+].[Na+].[Na+]. The Morgan fingerprint density at radius 1 is 0.661 bits per heavy atom. The maximum atomic E-state index is 14.1. The first-order chi connectivity index (χ1) is 49.1. The third kappa shape index (κ3) is 38.7. The number of amides is 5. The molecule has 3 aliphatic rings. The van der Waals surface area contributed by atoms with E-state index < -0.39 is 81.0 Å². The zero-order chi connectivity index (χ0) is 76.1. The number of ether oxygens (including phenoxy) is 2. The summed E-state index contributed by atoms with van der Waals surface area (Å²) >= 11 is 0. The number of aliphatic carboxylic acids is 3. The van der Waals surface area contributed by atoms with Crippen LogP contribution in [0.2, 0.25) is 0 Å². The molecule has 0 saturated heterocycles. The third-order valence-corrected chi connectivity index (χ3v) is 16.9. The van der Waals surface area contributed by atoms with Crippen LogP contribution in [0.5, 0.6) is 5.75 Å². The van der Waals surface area contributed by atoms with E-state index in [-0.39, 0.29) is 259 Å². The van der Waals surface area contributed by atoms with Crippen molar-refractivity contribution < 1.29 is 275 Å². The zero-order valence-electron chi connectivity index (χ0n) is 64.5. The van der Waals surface area contributed by atoms with Crippen LogP contribution in [0.3, 0.4) is 0 Å². The molecule has 1 aliphatic carbocycles. The number of urea groups is 1. The van der Waals surface area contributed by atoms with E-state index in [0.717, 1.165) is 94.3 Å². The van der Waals surface area contributed by atoms with Gasteiger partial charge in [0.2, 0.25) is 17.7 Å². The molecule has 0 aromatic heterocycles. The summed E-state index contributed by atoms with van der Waals surface area (Å²) in [6.07, 6.45) is 17.1. The maximum Gasteiger partial charge on any atom is 1.00 e. The first kappa shape index (κ1) is 109. The predicted octanol–water partition coefficient (Wildman–Crippen LogP) is -13.9. The van der Waals surface area contributed by atoms with E-state index in [9.17, 15) is 48.9 Å². The molecule has 0 fully saturated rings. The van der Waals surface area contributed by atoms with Gasteiger partial charge in [-0.05, 0) is 103 Å². The first-order valence-corrected chi connectivity index (χ1v) is 35.6. The van der Waals surface area contributed by atoms with Crippen LogP contribution < -0.4 is 229 Å². The summed E-state index contributed by atoms with van der Waals surface area (Å²) in [4.78, 5) is 105. The molecule has 2 aliphatic heterocycles. The Labute approximate surface area is 773 Å². The number of carboxylic acids is 3. The fourth-order valence-electron chi connectivity index (χ4n) is 11.9. The summed E-state index contributed by atoms with van der Waals surface area (Å²) in [5.41, 5.74) is 10.2. The molecule has 2 heterocycles. The fraction of sp³-hybridized carbons (Fsp3) is 0.432. The topological polar surface area (TPSA) is 410 Å². The molecule has 7 rings (SSSR count). The molecule has 0 unspecified atom stereocenters. The van der Waals surface area contributed by atoms with E-state index in [4.69, 9.17) is 44.3 Å². The van der Waals surface area contributed by atoms with Gasteiger partial charge >= 0.3 is 205 Å². The average Bonchev–Trinajstić information content (AvgIpc) is 1.60. The van der Waals surface area contributed by atoms with Crippen LogP contribution in [0.25, 0.3) is 0 Å². The van der Waals surface area contributed by atoms with E-state index in [2.05, 4.69) is 138 Å². The van der Waals surface area contributed by atoms with Crippen LogP contribution >= 0.6 is 0 Å². The molecule has 27 nitrogen and oxygen atoms in total. The number of fused-ring (bicyclic) bond motifs is 2. The molecule has 35 heteroatoms. The minimum atomic E-state index is -3.11. The van der Waals surface area contributed by atoms with Crippen molar-refractivity contribution in [3.63, 3.8) is 0 Å². The molecular weight excluding hydrogens is 1510 g/mol. The van der Waals surface area contributed by atoms with Gasteiger partial charge in [0, 0.05) is 61.9 Å². The zero-order valence-corrected chi connectivity index (χ0v) is 78.1. The number of carboxylic acid groups (broad SMARTS) is 3. The Kier molecular flexibility index (Phi) is 58.6. The van der Waals surface area contributed by atoms with Gasteiger partial charge in [0.1, 0.15) is 29.8 Å². The van der Waals surface area contributed by atoms with Crippen molar-refractivity contribution in [1.82, 2.24) is 26.6 Å². The standard InChI is InChI=1S/C73H91N7O12.CO2.6Na.2O3S/c1-7-9-18-44-79-60-28-16-14-26-55(60)72(3,4)62(79)38-33-52-24-20-25-53(34-39-63-73(5,6)56-27-15-17-29-61(56)80(63)45-19-10-8-2)67(52)92-54-35-31-51(32-36-54)49-59(70(88)89)77-68(85)58(48-50-22-12-11-13-23-50)76-65(82)41-46-91-47-43-74-64(81)40-37-57(69(86)87)78-71(90)75-42-21-30-66(83)84;2-1-3;;;;;;;2*1-4(2)3/h11-13,16-17,22-23,26-29,31-36,38-39,42,57-59H,7-10,18-21,24-25,30,37,40-41,43-49H2,1-6H3,(H,74,81)(H,76,82)(H,77,85)(H,83,84)(H,86,87)(H,88,89)(H2,75,78,90);;;;;;;;;/q-2;;6*+1;;/p-3/t57-,58-,59-;;;;;;;;;/m0........./s1. The number of benzene rings is 4. The Morgan fingerprint density at radius 2 is 1.25 bits per heavy atom. The molecule has 0 saturated carbocycles. The van der Waals surface area contributed by atoms with Crippen LogP contribution in [0, 0.1) is 18.7 Å². The minimum absolute atomic E-state index is 0. The quantitative estimate of drug-likeness (QED) is 0.0122. The second-order valence-electron chi connectivity index (χ2n) is 25.0. The van der Waals surface area contributed by atoms with Crippen molar-refractivity contribution in [2.75, 3.05) is 37.7 Å². The predicted molar refractivity (Wildman–Crippen MR) is 370 cm³/mol. The van der Waals surface area contributed by atoms with Crippen molar-refractivity contribution in [3.8, 4) is 5.75 Å². The fourth-order valence-corrected chi connectivity index (χ4v) is 11.9. The smallest absolute Gasteiger partial charge is 0.550 e. The second-order valence-corrected chi connectivity index (χ2v) is 25.8. The summed E-state index contributed by atoms with van der Waals surface area (Å²) < 4.78 is 65.7. The van der Waals surface area contributed by atoms with Gasteiger partial charge in [0.15, 0.2) is 5.71 Å². The number of carbonyl (C=O) groups excluding carboxylic acids is 9. The number of hydrogen-bond donors (Lipinski definition) is 5. The Balaban J connectivity index is -0.00000619. The maximum absolute atomic E-state index is 14.1.